The maximum Gasteiger partial charge on any atom is 0.249 e. The zero-order valence-electron chi connectivity index (χ0n) is 15.4. The summed E-state index contributed by atoms with van der Waals surface area (Å²) in [5, 5.41) is 18.8. The fraction of sp³-hybridized carbons (Fsp3) is 0.389. The summed E-state index contributed by atoms with van der Waals surface area (Å²) >= 11 is 0. The monoisotopic (exact) mass is 353 g/mol. The van der Waals surface area contributed by atoms with Gasteiger partial charge in [0.15, 0.2) is 0 Å². The first kappa shape index (κ1) is 17.8. The van der Waals surface area contributed by atoms with Crippen molar-refractivity contribution in [2.45, 2.75) is 46.2 Å². The number of tetrazole rings is 1. The van der Waals surface area contributed by atoms with Crippen LogP contribution in [-0.4, -0.2) is 35.9 Å². The lowest BCUT2D eigenvalue weighted by atomic mass is 10.1. The third-order valence-corrected chi connectivity index (χ3v) is 4.32. The van der Waals surface area contributed by atoms with Crippen LogP contribution in [0.25, 0.3) is 0 Å². The second-order valence-corrected chi connectivity index (χ2v) is 6.57. The van der Waals surface area contributed by atoms with E-state index in [1.165, 1.54) is 11.0 Å². The third kappa shape index (κ3) is 3.63. The molecule has 0 aliphatic carbocycles. The van der Waals surface area contributed by atoms with Gasteiger partial charge in [0.25, 0.3) is 0 Å². The molecule has 0 bridgehead atoms. The third-order valence-electron chi connectivity index (χ3n) is 4.32. The van der Waals surface area contributed by atoms with Crippen molar-refractivity contribution >= 4 is 11.6 Å². The minimum atomic E-state index is -0.548. The Hall–Kier alpha value is -3.03. The summed E-state index contributed by atoms with van der Waals surface area (Å²) in [6.07, 6.45) is 1.96. The Kier molecular flexibility index (Phi) is 5.11. The van der Waals surface area contributed by atoms with Gasteiger partial charge in [0.05, 0.1) is 17.1 Å². The number of anilines is 1. The van der Waals surface area contributed by atoms with Crippen molar-refractivity contribution in [3.8, 4) is 0 Å². The van der Waals surface area contributed by atoms with Crippen LogP contribution in [0.4, 0.5) is 5.69 Å². The van der Waals surface area contributed by atoms with Gasteiger partial charge < -0.3 is 5.32 Å². The molecular weight excluding hydrogens is 330 g/mol. The van der Waals surface area contributed by atoms with Crippen molar-refractivity contribution in [1.29, 1.82) is 0 Å². The smallest absolute Gasteiger partial charge is 0.249 e. The summed E-state index contributed by atoms with van der Waals surface area (Å²) in [6, 6.07) is 9.49. The number of amides is 1. The molecule has 0 radical (unpaired) electrons. The van der Waals surface area contributed by atoms with Crippen molar-refractivity contribution in [2.75, 3.05) is 5.32 Å². The molecule has 0 saturated heterocycles. The molecule has 3 aromatic rings. The lowest BCUT2D eigenvalue weighted by Gasteiger charge is -2.17. The minimum absolute atomic E-state index is 0.171. The Morgan fingerprint density at radius 2 is 1.92 bits per heavy atom. The summed E-state index contributed by atoms with van der Waals surface area (Å²) in [4.78, 5) is 13.0. The average Bonchev–Trinajstić information content (AvgIpc) is 3.24. The topological polar surface area (TPSA) is 90.5 Å². The van der Waals surface area contributed by atoms with E-state index in [1.54, 1.807) is 0 Å². The highest BCUT2D eigenvalue weighted by Crippen LogP contribution is 2.24. The standard InChI is InChI=1S/C18H23N7O/c1-12(2)25-14(4)17(13(3)21-25)20-18(26)16(24-11-19-22-23-24)10-15-8-6-5-7-9-15/h5-9,11-12,16H,10H2,1-4H3,(H,20,26). The lowest BCUT2D eigenvalue weighted by molar-refractivity contribution is -0.119. The molecule has 2 aromatic heterocycles. The molecule has 0 aliphatic rings. The SMILES string of the molecule is Cc1nn(C(C)C)c(C)c1NC(=O)C(Cc1ccccc1)n1cnnn1. The molecule has 3 rings (SSSR count). The molecule has 1 unspecified atom stereocenters. The van der Waals surface area contributed by atoms with Crippen LogP contribution in [0, 0.1) is 13.8 Å². The number of carbonyl (C=O) groups excluding carboxylic acids is 1. The van der Waals surface area contributed by atoms with Crippen LogP contribution >= 0.6 is 0 Å². The zero-order valence-corrected chi connectivity index (χ0v) is 15.4. The van der Waals surface area contributed by atoms with E-state index in [9.17, 15) is 4.79 Å². The van der Waals surface area contributed by atoms with Crippen molar-refractivity contribution in [3.63, 3.8) is 0 Å². The van der Waals surface area contributed by atoms with Gasteiger partial charge in [-0.2, -0.15) is 5.10 Å². The van der Waals surface area contributed by atoms with Crippen molar-refractivity contribution in [3.05, 3.63) is 53.6 Å². The zero-order chi connectivity index (χ0) is 18.7. The first-order chi connectivity index (χ1) is 12.5. The number of carbonyl (C=O) groups is 1. The molecule has 26 heavy (non-hydrogen) atoms. The molecule has 2 heterocycles. The Morgan fingerprint density at radius 3 is 2.50 bits per heavy atom. The first-order valence-corrected chi connectivity index (χ1v) is 8.60. The highest BCUT2D eigenvalue weighted by atomic mass is 16.2. The number of aryl methyl sites for hydroxylation is 1. The summed E-state index contributed by atoms with van der Waals surface area (Å²) in [5.41, 5.74) is 3.50. The molecular formula is C18H23N7O. The van der Waals surface area contributed by atoms with Crippen LogP contribution < -0.4 is 5.32 Å². The number of hydrogen-bond acceptors (Lipinski definition) is 5. The maximum atomic E-state index is 13.0. The van der Waals surface area contributed by atoms with E-state index in [4.69, 9.17) is 0 Å². The molecule has 8 nitrogen and oxygen atoms in total. The van der Waals surface area contributed by atoms with Crippen molar-refractivity contribution in [2.24, 2.45) is 0 Å². The van der Waals surface area contributed by atoms with Crippen LogP contribution in [0.5, 0.6) is 0 Å². The molecule has 136 valence electrons. The number of aromatic nitrogens is 6. The Balaban J connectivity index is 1.87. The quantitative estimate of drug-likeness (QED) is 0.735. The molecule has 0 saturated carbocycles. The van der Waals surface area contributed by atoms with E-state index in [0.29, 0.717) is 6.42 Å². The lowest BCUT2D eigenvalue weighted by Crippen LogP contribution is -2.28. The number of rotatable bonds is 6. The summed E-state index contributed by atoms with van der Waals surface area (Å²) in [7, 11) is 0. The van der Waals surface area contributed by atoms with Gasteiger partial charge in [-0.05, 0) is 43.7 Å². The second kappa shape index (κ2) is 7.47. The predicted octanol–water partition coefficient (Wildman–Crippen LogP) is 2.49. The van der Waals surface area contributed by atoms with Gasteiger partial charge in [-0.25, -0.2) is 4.68 Å². The van der Waals surface area contributed by atoms with Gasteiger partial charge in [-0.1, -0.05) is 30.3 Å². The largest absolute Gasteiger partial charge is 0.321 e. The van der Waals surface area contributed by atoms with Gasteiger partial charge in [0.1, 0.15) is 12.4 Å². The molecule has 1 N–H and O–H groups in total. The van der Waals surface area contributed by atoms with Gasteiger partial charge in [0.2, 0.25) is 5.91 Å². The maximum absolute atomic E-state index is 13.0. The number of nitrogens with zero attached hydrogens (tertiary/aromatic N) is 6. The van der Waals surface area contributed by atoms with Gasteiger partial charge in [0, 0.05) is 12.5 Å². The fourth-order valence-corrected chi connectivity index (χ4v) is 3.01. The van der Waals surface area contributed by atoms with Crippen LogP contribution in [0.2, 0.25) is 0 Å². The fourth-order valence-electron chi connectivity index (χ4n) is 3.01. The second-order valence-electron chi connectivity index (χ2n) is 6.57. The number of benzene rings is 1. The van der Waals surface area contributed by atoms with Crippen LogP contribution in [0.1, 0.15) is 42.9 Å². The van der Waals surface area contributed by atoms with Gasteiger partial charge in [-0.15, -0.1) is 5.10 Å². The Bertz CT molecular complexity index is 869. The predicted molar refractivity (Wildman–Crippen MR) is 97.7 cm³/mol. The molecule has 1 atom stereocenters. The van der Waals surface area contributed by atoms with E-state index in [-0.39, 0.29) is 11.9 Å². The van der Waals surface area contributed by atoms with E-state index >= 15 is 0 Å². The van der Waals surface area contributed by atoms with Crippen LogP contribution in [-0.2, 0) is 11.2 Å². The molecule has 8 heteroatoms. The van der Waals surface area contributed by atoms with E-state index in [1.807, 2.05) is 48.9 Å². The molecule has 0 spiro atoms. The average molecular weight is 353 g/mol. The van der Waals surface area contributed by atoms with Crippen LogP contribution in [0.15, 0.2) is 36.7 Å². The van der Waals surface area contributed by atoms with Crippen LogP contribution in [0.3, 0.4) is 0 Å². The van der Waals surface area contributed by atoms with Crippen molar-refractivity contribution in [1.82, 2.24) is 30.0 Å². The molecule has 0 aliphatic heterocycles. The highest BCUT2D eigenvalue weighted by molar-refractivity contribution is 5.94. The van der Waals surface area contributed by atoms with Gasteiger partial charge in [-0.3, -0.25) is 9.48 Å². The van der Waals surface area contributed by atoms with E-state index in [0.717, 1.165) is 22.6 Å². The van der Waals surface area contributed by atoms with E-state index in [2.05, 4.69) is 39.8 Å². The van der Waals surface area contributed by atoms with Gasteiger partial charge >= 0.3 is 0 Å². The molecule has 0 fully saturated rings. The summed E-state index contributed by atoms with van der Waals surface area (Å²) in [6.45, 7) is 7.97. The Labute approximate surface area is 152 Å². The summed E-state index contributed by atoms with van der Waals surface area (Å²) in [5.74, 6) is -0.171. The first-order valence-electron chi connectivity index (χ1n) is 8.60. The normalized spacial score (nSPS) is 12.3. The number of hydrogen-bond donors (Lipinski definition) is 1. The Morgan fingerprint density at radius 1 is 1.19 bits per heavy atom. The van der Waals surface area contributed by atoms with E-state index < -0.39 is 6.04 Å². The molecule has 1 aromatic carbocycles. The molecule has 1 amide bonds. The minimum Gasteiger partial charge on any atom is -0.321 e. The van der Waals surface area contributed by atoms with Crippen molar-refractivity contribution < 1.29 is 4.79 Å². The summed E-state index contributed by atoms with van der Waals surface area (Å²) < 4.78 is 3.40. The number of nitrogens with one attached hydrogen (secondary N) is 1. The highest BCUT2D eigenvalue weighted by Gasteiger charge is 2.25.